The van der Waals surface area contributed by atoms with E-state index in [9.17, 15) is 28.1 Å². The molecule has 192 valence electrons. The highest BCUT2D eigenvalue weighted by atomic mass is 32.2. The van der Waals surface area contributed by atoms with Crippen LogP contribution in [0.15, 0.2) is 54.7 Å². The Morgan fingerprint density at radius 1 is 1.08 bits per heavy atom. The van der Waals surface area contributed by atoms with E-state index in [-0.39, 0.29) is 26.9 Å². The van der Waals surface area contributed by atoms with Crippen LogP contribution in [0.1, 0.15) is 17.5 Å². The number of amidine groups is 1. The Hall–Kier alpha value is -4.01. The zero-order valence-electron chi connectivity index (χ0n) is 19.4. The molecule has 12 nitrogen and oxygen atoms in total. The Labute approximate surface area is 215 Å². The number of hydrogen-bond acceptors (Lipinski definition) is 9. The maximum absolute atomic E-state index is 13.5. The molecule has 0 saturated carbocycles. The van der Waals surface area contributed by atoms with E-state index in [2.05, 4.69) is 0 Å². The summed E-state index contributed by atoms with van der Waals surface area (Å²) in [6.07, 6.45) is 2.96. The number of rotatable bonds is 9. The summed E-state index contributed by atoms with van der Waals surface area (Å²) in [5.74, 6) is -1.61. The Bertz CT molecular complexity index is 1590. The van der Waals surface area contributed by atoms with Gasteiger partial charge in [0.1, 0.15) is 0 Å². The minimum atomic E-state index is -4.28. The highest BCUT2D eigenvalue weighted by Crippen LogP contribution is 2.42. The van der Waals surface area contributed by atoms with Crippen molar-refractivity contribution in [2.45, 2.75) is 13.0 Å². The molecule has 3 aromatic rings. The van der Waals surface area contributed by atoms with E-state index >= 15 is 0 Å². The number of hydroxylamine groups is 2. The third kappa shape index (κ3) is 5.26. The molecular formula is C23H21N5O7S2. The number of nitrogens with two attached hydrogens (primary N) is 1. The van der Waals surface area contributed by atoms with Crippen molar-refractivity contribution in [2.24, 2.45) is 5.73 Å². The number of aromatic nitrogens is 1. The van der Waals surface area contributed by atoms with Gasteiger partial charge in [0.15, 0.2) is 5.17 Å². The zero-order chi connectivity index (χ0) is 26.9. The fourth-order valence-corrected chi connectivity index (χ4v) is 5.00. The maximum atomic E-state index is 13.5. The van der Waals surface area contributed by atoms with Crippen LogP contribution >= 0.6 is 11.8 Å². The van der Waals surface area contributed by atoms with Gasteiger partial charge in [-0.3, -0.25) is 25.1 Å². The van der Waals surface area contributed by atoms with Gasteiger partial charge in [-0.2, -0.15) is 8.42 Å². The van der Waals surface area contributed by atoms with E-state index in [0.717, 1.165) is 5.52 Å². The molecule has 2 aromatic carbocycles. The summed E-state index contributed by atoms with van der Waals surface area (Å²) in [7, 11) is -4.28. The lowest BCUT2D eigenvalue weighted by molar-refractivity contribution is -0.385. The molecule has 1 aliphatic rings. The van der Waals surface area contributed by atoms with Crippen molar-refractivity contribution in [1.82, 2.24) is 9.63 Å². The summed E-state index contributed by atoms with van der Waals surface area (Å²) in [6, 6.07) is 12.5. The number of nitro benzene ring substituents is 1. The third-order valence-electron chi connectivity index (χ3n) is 5.49. The average molecular weight is 544 g/mol. The number of aryl methyl sites for hydroxylation is 1. The molecule has 0 unspecified atom stereocenters. The van der Waals surface area contributed by atoms with Crippen LogP contribution in [0.3, 0.4) is 0 Å². The second-order valence-electron chi connectivity index (χ2n) is 8.03. The predicted molar refractivity (Wildman–Crippen MR) is 139 cm³/mol. The summed E-state index contributed by atoms with van der Waals surface area (Å²) in [5.41, 5.74) is 5.29. The fourth-order valence-electron chi connectivity index (χ4n) is 4.10. The van der Waals surface area contributed by atoms with Crippen LogP contribution < -0.4 is 5.73 Å². The van der Waals surface area contributed by atoms with E-state index in [1.165, 1.54) is 36.0 Å². The molecule has 3 N–H and O–H groups in total. The van der Waals surface area contributed by atoms with Gasteiger partial charge in [-0.1, -0.05) is 42.1 Å². The quantitative estimate of drug-likeness (QED) is 0.102. The van der Waals surface area contributed by atoms with E-state index < -0.39 is 32.5 Å². The molecule has 0 atom stereocenters. The van der Waals surface area contributed by atoms with Gasteiger partial charge in [0.05, 0.1) is 27.9 Å². The monoisotopic (exact) mass is 543 g/mol. The maximum Gasteiger partial charge on any atom is 0.287 e. The largest absolute Gasteiger partial charge is 0.379 e. The number of nitro groups is 1. The van der Waals surface area contributed by atoms with E-state index in [1.807, 2.05) is 10.6 Å². The first-order chi connectivity index (χ1) is 17.5. The van der Waals surface area contributed by atoms with Gasteiger partial charge in [-0.25, -0.2) is 0 Å². The van der Waals surface area contributed by atoms with Crippen LogP contribution in [0.4, 0.5) is 5.69 Å². The smallest absolute Gasteiger partial charge is 0.287 e. The second-order valence-corrected chi connectivity index (χ2v) is 10.7. The number of carbonyl (C=O) groups excluding carboxylic acids is 2. The molecule has 0 spiro atoms. The van der Waals surface area contributed by atoms with Gasteiger partial charge in [-0.15, -0.1) is 9.35 Å². The lowest BCUT2D eigenvalue weighted by Crippen LogP contribution is -2.33. The average Bonchev–Trinajstić information content (AvgIpc) is 3.31. The molecule has 0 radical (unpaired) electrons. The number of para-hydroxylation sites is 2. The molecule has 0 saturated heterocycles. The fraction of sp³-hybridized carbons (Fsp3) is 0.174. The van der Waals surface area contributed by atoms with Crippen LogP contribution in [0.2, 0.25) is 0 Å². The lowest BCUT2D eigenvalue weighted by atomic mass is 9.95. The molecule has 14 heteroatoms. The van der Waals surface area contributed by atoms with Crippen LogP contribution in [0.25, 0.3) is 22.0 Å². The number of thioether (sulfide) groups is 1. The topological polar surface area (TPSA) is 179 Å². The summed E-state index contributed by atoms with van der Waals surface area (Å²) < 4.78 is 30.2. The van der Waals surface area contributed by atoms with Crippen molar-refractivity contribution in [2.75, 3.05) is 12.0 Å². The molecule has 1 aliphatic heterocycles. The van der Waals surface area contributed by atoms with Crippen molar-refractivity contribution < 1.29 is 27.2 Å². The number of hydrogen-bond donors (Lipinski definition) is 2. The van der Waals surface area contributed by atoms with Crippen molar-refractivity contribution >= 4 is 66.6 Å². The highest BCUT2D eigenvalue weighted by molar-refractivity contribution is 8.13. The van der Waals surface area contributed by atoms with Crippen LogP contribution in [-0.2, 0) is 30.5 Å². The number of benzene rings is 2. The number of nitrogens with one attached hydrogen (secondary N) is 1. The van der Waals surface area contributed by atoms with E-state index in [4.69, 9.17) is 15.4 Å². The van der Waals surface area contributed by atoms with Crippen LogP contribution in [0.5, 0.6) is 0 Å². The van der Waals surface area contributed by atoms with Gasteiger partial charge < -0.3 is 10.3 Å². The van der Waals surface area contributed by atoms with Crippen molar-refractivity contribution in [3.63, 3.8) is 0 Å². The summed E-state index contributed by atoms with van der Waals surface area (Å²) >= 11 is 1.19. The van der Waals surface area contributed by atoms with Gasteiger partial charge >= 0.3 is 0 Å². The highest BCUT2D eigenvalue weighted by Gasteiger charge is 2.45. The first-order valence-corrected chi connectivity index (χ1v) is 13.6. The first-order valence-electron chi connectivity index (χ1n) is 10.8. The Balaban J connectivity index is 1.93. The SMILES string of the molecule is CS(=O)(=O)ON1C(=O)C(c2ccccc2[N+](=O)[O-])=C(c2cn(CCCSC(=N)N)c3ccccc23)C1=O. The van der Waals surface area contributed by atoms with Gasteiger partial charge in [0.2, 0.25) is 0 Å². The van der Waals surface area contributed by atoms with Crippen LogP contribution in [-0.4, -0.2) is 52.0 Å². The van der Waals surface area contributed by atoms with Crippen molar-refractivity contribution in [3.05, 3.63) is 76.0 Å². The normalized spacial score (nSPS) is 14.1. The standard InChI is InChI=1S/C23H21N5O7S2/c1-37(33,34)35-27-21(29)19(15-8-3-5-10-18(15)28(31)32)20(22(27)30)16-13-26(11-6-12-36-23(24)25)17-9-4-2-7-14(16)17/h2-5,7-10,13H,6,11-12H2,1H3,(H3,24,25). The molecule has 0 bridgehead atoms. The van der Waals surface area contributed by atoms with E-state index in [0.29, 0.717) is 35.9 Å². The summed E-state index contributed by atoms with van der Waals surface area (Å²) in [4.78, 5) is 37.9. The number of imide groups is 1. The molecule has 0 aliphatic carbocycles. The predicted octanol–water partition coefficient (Wildman–Crippen LogP) is 2.74. The van der Waals surface area contributed by atoms with Crippen LogP contribution in [0, 0.1) is 15.5 Å². The van der Waals surface area contributed by atoms with Crippen molar-refractivity contribution in [1.29, 1.82) is 5.41 Å². The molecule has 37 heavy (non-hydrogen) atoms. The minimum Gasteiger partial charge on any atom is -0.379 e. The molecule has 1 aromatic heterocycles. The molecule has 2 heterocycles. The number of carbonyl (C=O) groups is 2. The number of amides is 2. The number of nitrogens with zero attached hydrogens (tertiary/aromatic N) is 3. The number of fused-ring (bicyclic) bond motifs is 1. The van der Waals surface area contributed by atoms with Gasteiger partial charge in [0, 0.05) is 41.0 Å². The molecule has 0 fully saturated rings. The first kappa shape index (κ1) is 26.1. The second kappa shape index (κ2) is 10.2. The Morgan fingerprint density at radius 3 is 2.35 bits per heavy atom. The van der Waals surface area contributed by atoms with Gasteiger partial charge in [0.25, 0.3) is 27.6 Å². The summed E-state index contributed by atoms with van der Waals surface area (Å²) in [5, 5.41) is 19.8. The Kier molecular flexibility index (Phi) is 7.16. The Morgan fingerprint density at radius 2 is 1.70 bits per heavy atom. The van der Waals surface area contributed by atoms with Crippen molar-refractivity contribution in [3.8, 4) is 0 Å². The molecular weight excluding hydrogens is 522 g/mol. The van der Waals surface area contributed by atoms with E-state index in [1.54, 1.807) is 24.4 Å². The molecule has 2 amide bonds. The lowest BCUT2D eigenvalue weighted by Gasteiger charge is -2.12. The summed E-state index contributed by atoms with van der Waals surface area (Å²) in [6.45, 7) is 0.487. The minimum absolute atomic E-state index is 0.00154. The molecule has 4 rings (SSSR count). The van der Waals surface area contributed by atoms with Gasteiger partial charge in [-0.05, 0) is 18.6 Å². The zero-order valence-corrected chi connectivity index (χ0v) is 21.0. The third-order valence-corrected chi connectivity index (χ3v) is 6.71.